The van der Waals surface area contributed by atoms with Gasteiger partial charge < -0.3 is 14.8 Å². The number of fused-ring (bicyclic) bond motifs is 1. The summed E-state index contributed by atoms with van der Waals surface area (Å²) in [7, 11) is 1.62. The van der Waals surface area contributed by atoms with E-state index in [0.717, 1.165) is 36.4 Å². The summed E-state index contributed by atoms with van der Waals surface area (Å²) in [6, 6.07) is 5.90. The van der Waals surface area contributed by atoms with E-state index in [1.807, 2.05) is 18.2 Å². The normalized spacial score (nSPS) is 27.1. The summed E-state index contributed by atoms with van der Waals surface area (Å²) in [6.07, 6.45) is 0.805. The number of rotatable bonds is 2. The Hall–Kier alpha value is -1.39. The number of Topliss-reactive ketones (excluding diaryl/α,β-unsaturated/α-hetero) is 1. The second-order valence-electron chi connectivity index (χ2n) is 4.83. The highest BCUT2D eigenvalue weighted by Gasteiger charge is 2.37. The van der Waals surface area contributed by atoms with Gasteiger partial charge in [-0.3, -0.25) is 4.79 Å². The minimum Gasteiger partial charge on any atom is -0.497 e. The number of methoxy groups -OCH3 is 1. The molecular weight excluding hydrogens is 230 g/mol. The summed E-state index contributed by atoms with van der Waals surface area (Å²) in [5, 5.41) is 3.38. The summed E-state index contributed by atoms with van der Waals surface area (Å²) >= 11 is 0. The molecule has 0 radical (unpaired) electrons. The Balaban J connectivity index is 1.84. The van der Waals surface area contributed by atoms with Crippen LogP contribution in [0.15, 0.2) is 18.2 Å². The zero-order valence-corrected chi connectivity index (χ0v) is 10.4. The Morgan fingerprint density at radius 2 is 2.33 bits per heavy atom. The van der Waals surface area contributed by atoms with Crippen molar-refractivity contribution in [3.05, 3.63) is 29.3 Å². The maximum Gasteiger partial charge on any atom is 0.168 e. The van der Waals surface area contributed by atoms with E-state index in [1.165, 1.54) is 0 Å². The SMILES string of the molecule is COc1ccc2c(c1)C(=O)C(C1COCCN1)C2. The zero-order chi connectivity index (χ0) is 12.5. The lowest BCUT2D eigenvalue weighted by Crippen LogP contribution is -2.47. The van der Waals surface area contributed by atoms with Crippen molar-refractivity contribution in [2.75, 3.05) is 26.9 Å². The number of ether oxygens (including phenoxy) is 2. The molecule has 0 spiro atoms. The Bertz CT molecular complexity index is 466. The molecule has 4 heteroatoms. The molecule has 1 saturated heterocycles. The van der Waals surface area contributed by atoms with Gasteiger partial charge in [-0.1, -0.05) is 6.07 Å². The second kappa shape index (κ2) is 4.71. The number of carbonyl (C=O) groups excluding carboxylic acids is 1. The molecule has 4 nitrogen and oxygen atoms in total. The molecule has 2 atom stereocenters. The second-order valence-corrected chi connectivity index (χ2v) is 4.83. The van der Waals surface area contributed by atoms with Gasteiger partial charge in [-0.2, -0.15) is 0 Å². The number of hydrogen-bond acceptors (Lipinski definition) is 4. The number of ketones is 1. The monoisotopic (exact) mass is 247 g/mol. The predicted octanol–water partition coefficient (Wildman–Crippen LogP) is 1.04. The van der Waals surface area contributed by atoms with E-state index < -0.39 is 0 Å². The van der Waals surface area contributed by atoms with Crippen LogP contribution in [0, 0.1) is 5.92 Å². The Morgan fingerprint density at radius 1 is 1.44 bits per heavy atom. The maximum absolute atomic E-state index is 12.4. The first-order chi connectivity index (χ1) is 8.79. The lowest BCUT2D eigenvalue weighted by molar-refractivity contribution is 0.0522. The van der Waals surface area contributed by atoms with Crippen LogP contribution in [-0.2, 0) is 11.2 Å². The van der Waals surface area contributed by atoms with Gasteiger partial charge in [0.25, 0.3) is 0 Å². The molecular formula is C14H17NO3. The number of benzene rings is 1. The third-order valence-corrected chi connectivity index (χ3v) is 3.80. The van der Waals surface area contributed by atoms with Crippen molar-refractivity contribution in [1.29, 1.82) is 0 Å². The standard InChI is InChI=1S/C14H17NO3/c1-17-10-3-2-9-6-12(14(16)11(9)7-10)13-8-18-5-4-15-13/h2-3,7,12-13,15H,4-6,8H2,1H3. The number of carbonyl (C=O) groups is 1. The average molecular weight is 247 g/mol. The van der Waals surface area contributed by atoms with Gasteiger partial charge in [0.05, 0.1) is 20.3 Å². The largest absolute Gasteiger partial charge is 0.497 e. The molecule has 1 aliphatic carbocycles. The van der Waals surface area contributed by atoms with Gasteiger partial charge in [-0.15, -0.1) is 0 Å². The third-order valence-electron chi connectivity index (χ3n) is 3.80. The molecule has 2 unspecified atom stereocenters. The van der Waals surface area contributed by atoms with Crippen molar-refractivity contribution in [3.63, 3.8) is 0 Å². The van der Waals surface area contributed by atoms with Gasteiger partial charge in [-0.25, -0.2) is 0 Å². The van der Waals surface area contributed by atoms with Crippen molar-refractivity contribution in [3.8, 4) is 5.75 Å². The van der Waals surface area contributed by atoms with Gasteiger partial charge >= 0.3 is 0 Å². The molecule has 96 valence electrons. The molecule has 2 aliphatic rings. The van der Waals surface area contributed by atoms with Crippen LogP contribution in [-0.4, -0.2) is 38.7 Å². The van der Waals surface area contributed by atoms with E-state index in [9.17, 15) is 4.79 Å². The molecule has 0 bridgehead atoms. The summed E-state index contributed by atoms with van der Waals surface area (Å²) in [5.41, 5.74) is 1.94. The lowest BCUT2D eigenvalue weighted by atomic mass is 9.95. The number of nitrogens with one attached hydrogen (secondary N) is 1. The van der Waals surface area contributed by atoms with E-state index in [2.05, 4.69) is 5.32 Å². The molecule has 1 aromatic carbocycles. The summed E-state index contributed by atoms with van der Waals surface area (Å²) < 4.78 is 10.6. The number of hydrogen-bond donors (Lipinski definition) is 1. The minimum atomic E-state index is 0.00686. The van der Waals surface area contributed by atoms with E-state index >= 15 is 0 Å². The van der Waals surface area contributed by atoms with E-state index in [4.69, 9.17) is 9.47 Å². The van der Waals surface area contributed by atoms with Crippen LogP contribution in [0.2, 0.25) is 0 Å². The lowest BCUT2D eigenvalue weighted by Gasteiger charge is -2.27. The molecule has 1 aromatic rings. The van der Waals surface area contributed by atoms with Crippen molar-refractivity contribution < 1.29 is 14.3 Å². The summed E-state index contributed by atoms with van der Waals surface area (Å²) in [5.74, 6) is 0.968. The molecule has 1 aliphatic heterocycles. The highest BCUT2D eigenvalue weighted by Crippen LogP contribution is 2.32. The summed E-state index contributed by atoms with van der Waals surface area (Å²) in [4.78, 5) is 12.4. The highest BCUT2D eigenvalue weighted by atomic mass is 16.5. The van der Waals surface area contributed by atoms with Crippen molar-refractivity contribution >= 4 is 5.78 Å². The van der Waals surface area contributed by atoms with Crippen LogP contribution in [0.25, 0.3) is 0 Å². The van der Waals surface area contributed by atoms with E-state index in [-0.39, 0.29) is 17.7 Å². The topological polar surface area (TPSA) is 47.6 Å². The minimum absolute atomic E-state index is 0.00686. The number of morpholine rings is 1. The quantitative estimate of drug-likeness (QED) is 0.848. The molecule has 0 saturated carbocycles. The Labute approximate surface area is 106 Å². The fraction of sp³-hybridized carbons (Fsp3) is 0.500. The molecule has 0 aromatic heterocycles. The van der Waals surface area contributed by atoms with Crippen LogP contribution in [0.1, 0.15) is 15.9 Å². The molecule has 1 fully saturated rings. The van der Waals surface area contributed by atoms with Crippen molar-refractivity contribution in [2.24, 2.45) is 5.92 Å². The Kier molecular flexibility index (Phi) is 3.06. The highest BCUT2D eigenvalue weighted by molar-refractivity contribution is 6.03. The van der Waals surface area contributed by atoms with Crippen LogP contribution >= 0.6 is 0 Å². The molecule has 0 amide bonds. The first kappa shape index (κ1) is 11.7. The van der Waals surface area contributed by atoms with Crippen LogP contribution in [0.3, 0.4) is 0 Å². The molecule has 1 heterocycles. The third kappa shape index (κ3) is 1.91. The van der Waals surface area contributed by atoms with Gasteiger partial charge in [0.1, 0.15) is 5.75 Å². The van der Waals surface area contributed by atoms with Crippen molar-refractivity contribution in [2.45, 2.75) is 12.5 Å². The van der Waals surface area contributed by atoms with Gasteiger partial charge in [0, 0.05) is 24.1 Å². The average Bonchev–Trinajstić information content (AvgIpc) is 2.77. The first-order valence-corrected chi connectivity index (χ1v) is 6.32. The fourth-order valence-electron chi connectivity index (χ4n) is 2.79. The van der Waals surface area contributed by atoms with Crippen LogP contribution < -0.4 is 10.1 Å². The van der Waals surface area contributed by atoms with Crippen molar-refractivity contribution in [1.82, 2.24) is 5.32 Å². The van der Waals surface area contributed by atoms with E-state index in [0.29, 0.717) is 6.61 Å². The van der Waals surface area contributed by atoms with Gasteiger partial charge in [-0.05, 0) is 24.1 Å². The Morgan fingerprint density at radius 3 is 3.06 bits per heavy atom. The van der Waals surface area contributed by atoms with E-state index in [1.54, 1.807) is 7.11 Å². The summed E-state index contributed by atoms with van der Waals surface area (Å²) in [6.45, 7) is 2.19. The molecule has 18 heavy (non-hydrogen) atoms. The smallest absolute Gasteiger partial charge is 0.168 e. The fourth-order valence-corrected chi connectivity index (χ4v) is 2.79. The van der Waals surface area contributed by atoms with Crippen LogP contribution in [0.4, 0.5) is 0 Å². The van der Waals surface area contributed by atoms with Crippen LogP contribution in [0.5, 0.6) is 5.75 Å². The maximum atomic E-state index is 12.4. The molecule has 3 rings (SSSR count). The molecule has 1 N–H and O–H groups in total. The predicted molar refractivity (Wildman–Crippen MR) is 67.1 cm³/mol. The zero-order valence-electron chi connectivity index (χ0n) is 10.4. The van der Waals surface area contributed by atoms with Gasteiger partial charge in [0.2, 0.25) is 0 Å². The van der Waals surface area contributed by atoms with Gasteiger partial charge in [0.15, 0.2) is 5.78 Å². The first-order valence-electron chi connectivity index (χ1n) is 6.32.